The summed E-state index contributed by atoms with van der Waals surface area (Å²) in [4.78, 5) is 10.9. The van der Waals surface area contributed by atoms with Crippen molar-refractivity contribution in [1.82, 2.24) is 0 Å². The van der Waals surface area contributed by atoms with Crippen molar-refractivity contribution in [3.63, 3.8) is 0 Å². The van der Waals surface area contributed by atoms with Crippen molar-refractivity contribution < 1.29 is 15.0 Å². The molecular formula is C16H18O3. The zero-order chi connectivity index (χ0) is 13.5. The van der Waals surface area contributed by atoms with Crippen LogP contribution in [0.5, 0.6) is 0 Å². The largest absolute Gasteiger partial charge is 0.481 e. The molecule has 3 aliphatic carbocycles. The molecular weight excluding hydrogens is 240 g/mol. The van der Waals surface area contributed by atoms with Crippen molar-refractivity contribution >= 4 is 11.5 Å². The molecule has 1 saturated carbocycles. The Morgan fingerprint density at radius 2 is 2.00 bits per heavy atom. The zero-order valence-electron chi connectivity index (χ0n) is 10.7. The fourth-order valence-corrected chi connectivity index (χ4v) is 3.61. The SMILES string of the molecule is O=C(O)CC1(O)CC2CCC1C=C2c1ccccc1. The maximum absolute atomic E-state index is 10.9. The molecule has 1 aromatic rings. The van der Waals surface area contributed by atoms with E-state index < -0.39 is 11.6 Å². The first kappa shape index (κ1) is 12.4. The minimum atomic E-state index is -1.05. The lowest BCUT2D eigenvalue weighted by Crippen LogP contribution is -2.47. The van der Waals surface area contributed by atoms with Crippen LogP contribution in [0.15, 0.2) is 36.4 Å². The van der Waals surface area contributed by atoms with E-state index in [-0.39, 0.29) is 18.3 Å². The molecule has 1 fully saturated rings. The van der Waals surface area contributed by atoms with Crippen molar-refractivity contribution in [3.05, 3.63) is 42.0 Å². The van der Waals surface area contributed by atoms with Crippen molar-refractivity contribution in [2.45, 2.75) is 31.3 Å². The van der Waals surface area contributed by atoms with E-state index in [2.05, 4.69) is 18.2 Å². The summed E-state index contributed by atoms with van der Waals surface area (Å²) in [6.07, 6.45) is 4.48. The fourth-order valence-electron chi connectivity index (χ4n) is 3.61. The highest BCUT2D eigenvalue weighted by atomic mass is 16.4. The average molecular weight is 258 g/mol. The molecule has 0 spiro atoms. The molecule has 0 aromatic heterocycles. The van der Waals surface area contributed by atoms with Crippen molar-refractivity contribution in [3.8, 4) is 0 Å². The normalized spacial score (nSPS) is 33.0. The first-order valence-electron chi connectivity index (χ1n) is 6.80. The lowest BCUT2D eigenvalue weighted by molar-refractivity contribution is -0.147. The molecule has 3 aliphatic rings. The van der Waals surface area contributed by atoms with Gasteiger partial charge in [0.1, 0.15) is 0 Å². The van der Waals surface area contributed by atoms with E-state index in [0.717, 1.165) is 12.8 Å². The minimum absolute atomic E-state index is 0.0243. The molecule has 2 N–H and O–H groups in total. The molecule has 100 valence electrons. The molecule has 0 saturated heterocycles. The monoisotopic (exact) mass is 258 g/mol. The summed E-state index contributed by atoms with van der Waals surface area (Å²) in [5.41, 5.74) is 1.44. The van der Waals surface area contributed by atoms with Crippen LogP contribution in [0.3, 0.4) is 0 Å². The lowest BCUT2D eigenvalue weighted by atomic mass is 9.61. The van der Waals surface area contributed by atoms with Gasteiger partial charge >= 0.3 is 5.97 Å². The second-order valence-corrected chi connectivity index (χ2v) is 5.75. The van der Waals surface area contributed by atoms with E-state index in [4.69, 9.17) is 5.11 Å². The molecule has 0 amide bonds. The molecule has 0 radical (unpaired) electrons. The number of aliphatic hydroxyl groups is 1. The Kier molecular flexibility index (Phi) is 2.94. The van der Waals surface area contributed by atoms with Gasteiger partial charge < -0.3 is 10.2 Å². The van der Waals surface area contributed by atoms with E-state index in [0.29, 0.717) is 6.42 Å². The van der Waals surface area contributed by atoms with Gasteiger partial charge in [0.05, 0.1) is 12.0 Å². The Hall–Kier alpha value is -1.61. The predicted molar refractivity (Wildman–Crippen MR) is 72.5 cm³/mol. The summed E-state index contributed by atoms with van der Waals surface area (Å²) in [5.74, 6) is -0.648. The number of aliphatic carboxylic acids is 1. The van der Waals surface area contributed by atoms with Crippen LogP contribution in [0.4, 0.5) is 0 Å². The molecule has 3 atom stereocenters. The van der Waals surface area contributed by atoms with Gasteiger partial charge in [-0.05, 0) is 36.3 Å². The second-order valence-electron chi connectivity index (χ2n) is 5.75. The van der Waals surface area contributed by atoms with Gasteiger partial charge in [0.15, 0.2) is 0 Å². The zero-order valence-corrected chi connectivity index (χ0v) is 10.7. The number of carbonyl (C=O) groups is 1. The standard InChI is InChI=1S/C16H18O3/c17-15(18)10-16(19)9-12-6-7-13(16)8-14(12)11-4-2-1-3-5-11/h1-5,8,12-13,19H,6-7,9-10H2,(H,17,18). The summed E-state index contributed by atoms with van der Waals surface area (Å²) in [7, 11) is 0. The molecule has 2 bridgehead atoms. The van der Waals surface area contributed by atoms with E-state index in [9.17, 15) is 9.90 Å². The van der Waals surface area contributed by atoms with Crippen molar-refractivity contribution in [1.29, 1.82) is 0 Å². The molecule has 0 aliphatic heterocycles. The van der Waals surface area contributed by atoms with E-state index in [1.165, 1.54) is 11.1 Å². The molecule has 1 aromatic carbocycles. The smallest absolute Gasteiger partial charge is 0.306 e. The van der Waals surface area contributed by atoms with Crippen LogP contribution in [0.2, 0.25) is 0 Å². The highest BCUT2D eigenvalue weighted by molar-refractivity contribution is 5.72. The first-order valence-corrected chi connectivity index (χ1v) is 6.80. The first-order chi connectivity index (χ1) is 9.08. The maximum Gasteiger partial charge on any atom is 0.306 e. The summed E-state index contributed by atoms with van der Waals surface area (Å²) in [6, 6.07) is 10.2. The highest BCUT2D eigenvalue weighted by Crippen LogP contribution is 2.50. The van der Waals surface area contributed by atoms with E-state index in [1.54, 1.807) is 0 Å². The van der Waals surface area contributed by atoms with Gasteiger partial charge in [-0.1, -0.05) is 36.4 Å². The fraction of sp³-hybridized carbons (Fsp3) is 0.438. The molecule has 0 heterocycles. The van der Waals surface area contributed by atoms with Crippen LogP contribution in [0.25, 0.3) is 5.57 Å². The molecule has 4 rings (SSSR count). The molecule has 3 unspecified atom stereocenters. The van der Waals surface area contributed by atoms with Gasteiger partial charge in [-0.25, -0.2) is 0 Å². The Balaban J connectivity index is 1.92. The number of allylic oxidation sites excluding steroid dienone is 1. The lowest BCUT2D eigenvalue weighted by Gasteiger charge is -2.47. The molecule has 19 heavy (non-hydrogen) atoms. The van der Waals surface area contributed by atoms with Crippen LogP contribution in [0.1, 0.15) is 31.2 Å². The number of fused-ring (bicyclic) bond motifs is 2. The maximum atomic E-state index is 10.9. The van der Waals surface area contributed by atoms with Crippen LogP contribution in [-0.2, 0) is 4.79 Å². The molecule has 3 heteroatoms. The van der Waals surface area contributed by atoms with Gasteiger partial charge in [0.2, 0.25) is 0 Å². The van der Waals surface area contributed by atoms with Crippen molar-refractivity contribution in [2.75, 3.05) is 0 Å². The van der Waals surface area contributed by atoms with E-state index >= 15 is 0 Å². The predicted octanol–water partition coefficient (Wildman–Crippen LogP) is 2.71. The van der Waals surface area contributed by atoms with Crippen LogP contribution in [0, 0.1) is 11.8 Å². The Labute approximate surface area is 112 Å². The van der Waals surface area contributed by atoms with Gasteiger partial charge in [-0.3, -0.25) is 4.79 Å². The third kappa shape index (κ3) is 2.19. The second kappa shape index (κ2) is 4.49. The number of hydrogen-bond donors (Lipinski definition) is 2. The number of rotatable bonds is 3. The Bertz CT molecular complexity index is 520. The molecule has 3 nitrogen and oxygen atoms in total. The third-order valence-corrected chi connectivity index (χ3v) is 4.50. The third-order valence-electron chi connectivity index (χ3n) is 4.50. The van der Waals surface area contributed by atoms with Crippen molar-refractivity contribution in [2.24, 2.45) is 11.8 Å². The number of benzene rings is 1. The van der Waals surface area contributed by atoms with Gasteiger partial charge in [0.25, 0.3) is 0 Å². The Morgan fingerprint density at radius 3 is 2.58 bits per heavy atom. The van der Waals surface area contributed by atoms with Crippen LogP contribution in [-0.4, -0.2) is 21.8 Å². The quantitative estimate of drug-likeness (QED) is 0.876. The average Bonchev–Trinajstić information content (AvgIpc) is 2.39. The number of hydrogen-bond acceptors (Lipinski definition) is 2. The summed E-state index contributed by atoms with van der Waals surface area (Å²) in [6.45, 7) is 0. The number of carboxylic acid groups (broad SMARTS) is 1. The van der Waals surface area contributed by atoms with Gasteiger partial charge in [-0.15, -0.1) is 0 Å². The minimum Gasteiger partial charge on any atom is -0.481 e. The van der Waals surface area contributed by atoms with E-state index in [1.807, 2.05) is 18.2 Å². The van der Waals surface area contributed by atoms with Crippen LogP contribution < -0.4 is 0 Å². The summed E-state index contributed by atoms with van der Waals surface area (Å²) in [5, 5.41) is 19.5. The Morgan fingerprint density at radius 1 is 1.26 bits per heavy atom. The summed E-state index contributed by atoms with van der Waals surface area (Å²) >= 11 is 0. The topological polar surface area (TPSA) is 57.5 Å². The van der Waals surface area contributed by atoms with Crippen LogP contribution >= 0.6 is 0 Å². The highest BCUT2D eigenvalue weighted by Gasteiger charge is 2.47. The number of carboxylic acids is 1. The summed E-state index contributed by atoms with van der Waals surface area (Å²) < 4.78 is 0. The van der Waals surface area contributed by atoms with Gasteiger partial charge in [0, 0.05) is 5.92 Å². The van der Waals surface area contributed by atoms with Gasteiger partial charge in [-0.2, -0.15) is 0 Å².